The average Bonchev–Trinajstić information content (AvgIpc) is 2.84. The fourth-order valence-corrected chi connectivity index (χ4v) is 3.30. The van der Waals surface area contributed by atoms with Gasteiger partial charge in [0, 0.05) is 6.54 Å². The Labute approximate surface area is 143 Å². The Bertz CT molecular complexity index is 511. The van der Waals surface area contributed by atoms with Crippen molar-refractivity contribution in [3.63, 3.8) is 0 Å². The fourth-order valence-electron chi connectivity index (χ4n) is 3.30. The van der Waals surface area contributed by atoms with Gasteiger partial charge in [-0.1, -0.05) is 37.3 Å². The molecule has 24 heavy (non-hydrogen) atoms. The van der Waals surface area contributed by atoms with Crippen molar-refractivity contribution in [3.8, 4) is 0 Å². The average molecular weight is 336 g/mol. The Morgan fingerprint density at radius 2 is 1.92 bits per heavy atom. The topological polar surface area (TPSA) is 93.0 Å². The van der Waals surface area contributed by atoms with Crippen LogP contribution in [0.1, 0.15) is 25.3 Å². The Balaban J connectivity index is 2.02. The van der Waals surface area contributed by atoms with Crippen LogP contribution in [0.2, 0.25) is 0 Å². The van der Waals surface area contributed by atoms with Gasteiger partial charge >= 0.3 is 0 Å². The molecular formula is C18H28N2O4. The van der Waals surface area contributed by atoms with Gasteiger partial charge in [-0.2, -0.15) is 0 Å². The zero-order chi connectivity index (χ0) is 17.5. The van der Waals surface area contributed by atoms with E-state index in [0.717, 1.165) is 19.3 Å². The van der Waals surface area contributed by atoms with Gasteiger partial charge in [0.2, 0.25) is 5.91 Å². The molecule has 1 fully saturated rings. The molecule has 1 aromatic rings. The maximum Gasteiger partial charge on any atom is 0.240 e. The molecule has 1 saturated heterocycles. The van der Waals surface area contributed by atoms with E-state index in [9.17, 15) is 20.1 Å². The molecule has 4 N–H and O–H groups in total. The van der Waals surface area contributed by atoms with Crippen molar-refractivity contribution >= 4 is 5.91 Å². The van der Waals surface area contributed by atoms with E-state index in [0.29, 0.717) is 13.1 Å². The molecule has 6 nitrogen and oxygen atoms in total. The van der Waals surface area contributed by atoms with Crippen molar-refractivity contribution in [3.05, 3.63) is 35.9 Å². The normalized spacial score (nSPS) is 27.3. The number of benzene rings is 1. The van der Waals surface area contributed by atoms with Crippen molar-refractivity contribution in [1.82, 2.24) is 10.2 Å². The number of aliphatic hydroxyl groups is 3. The predicted molar refractivity (Wildman–Crippen MR) is 91.4 cm³/mol. The number of amides is 1. The number of nitrogens with zero attached hydrogens (tertiary/aromatic N) is 1. The first kappa shape index (κ1) is 18.9. The van der Waals surface area contributed by atoms with E-state index in [1.807, 2.05) is 37.3 Å². The summed E-state index contributed by atoms with van der Waals surface area (Å²) in [4.78, 5) is 14.1. The standard InChI is InChI=1S/C18H28N2O4/c1-2-10-19-18(24)15-17(23)16(22)14(12-21)20(15)11-6-9-13-7-4-3-5-8-13/h3-5,7-8,14-17,21-23H,2,6,9-12H2,1H3,(H,19,24)/t14-,15+,16-,17-/m1/s1. The summed E-state index contributed by atoms with van der Waals surface area (Å²) in [5.74, 6) is -0.293. The van der Waals surface area contributed by atoms with Crippen LogP contribution < -0.4 is 5.32 Å². The fraction of sp³-hybridized carbons (Fsp3) is 0.611. The zero-order valence-electron chi connectivity index (χ0n) is 14.1. The molecule has 1 heterocycles. The molecule has 0 saturated carbocycles. The number of aliphatic hydroxyl groups excluding tert-OH is 3. The lowest BCUT2D eigenvalue weighted by Crippen LogP contribution is -2.50. The first-order chi connectivity index (χ1) is 11.6. The second-order valence-corrected chi connectivity index (χ2v) is 6.29. The molecular weight excluding hydrogens is 308 g/mol. The van der Waals surface area contributed by atoms with Gasteiger partial charge in [0.15, 0.2) is 0 Å². The molecule has 0 aromatic heterocycles. The van der Waals surface area contributed by atoms with Crippen LogP contribution in [0.3, 0.4) is 0 Å². The van der Waals surface area contributed by atoms with Crippen LogP contribution in [-0.2, 0) is 11.2 Å². The first-order valence-electron chi connectivity index (χ1n) is 8.64. The molecule has 0 radical (unpaired) electrons. The lowest BCUT2D eigenvalue weighted by atomic mass is 10.1. The summed E-state index contributed by atoms with van der Waals surface area (Å²) in [6.45, 7) is 2.72. The van der Waals surface area contributed by atoms with E-state index < -0.39 is 24.3 Å². The second kappa shape index (κ2) is 9.13. The number of likely N-dealkylation sites (tertiary alicyclic amines) is 1. The first-order valence-corrected chi connectivity index (χ1v) is 8.64. The summed E-state index contributed by atoms with van der Waals surface area (Å²) in [5.41, 5.74) is 1.20. The Morgan fingerprint density at radius 3 is 2.54 bits per heavy atom. The van der Waals surface area contributed by atoms with Gasteiger partial charge in [-0.15, -0.1) is 0 Å². The third-order valence-electron chi connectivity index (χ3n) is 4.58. The third-order valence-corrected chi connectivity index (χ3v) is 4.58. The monoisotopic (exact) mass is 336 g/mol. The van der Waals surface area contributed by atoms with Crippen molar-refractivity contribution in [2.24, 2.45) is 0 Å². The zero-order valence-corrected chi connectivity index (χ0v) is 14.1. The number of carbonyl (C=O) groups is 1. The van der Waals surface area contributed by atoms with E-state index in [2.05, 4.69) is 5.32 Å². The summed E-state index contributed by atoms with van der Waals surface area (Å²) in [6, 6.07) is 8.58. The number of rotatable bonds is 8. The molecule has 1 aliphatic heterocycles. The SMILES string of the molecule is CCCNC(=O)[C@@H]1[C@@H](O)[C@H](O)[C@@H](CO)N1CCCc1ccccc1. The molecule has 1 aromatic carbocycles. The van der Waals surface area contributed by atoms with E-state index in [1.165, 1.54) is 5.56 Å². The van der Waals surface area contributed by atoms with E-state index in [4.69, 9.17) is 0 Å². The molecule has 6 heteroatoms. The summed E-state index contributed by atoms with van der Waals surface area (Å²) in [6.07, 6.45) is 0.108. The highest BCUT2D eigenvalue weighted by Crippen LogP contribution is 2.26. The molecule has 0 unspecified atom stereocenters. The summed E-state index contributed by atoms with van der Waals surface area (Å²) in [7, 11) is 0. The van der Waals surface area contributed by atoms with Crippen molar-refractivity contribution in [2.75, 3.05) is 19.7 Å². The molecule has 4 atom stereocenters. The minimum atomic E-state index is -1.18. The van der Waals surface area contributed by atoms with E-state index in [-0.39, 0.29) is 12.5 Å². The second-order valence-electron chi connectivity index (χ2n) is 6.29. The lowest BCUT2D eigenvalue weighted by molar-refractivity contribution is -0.129. The van der Waals surface area contributed by atoms with Crippen LogP contribution in [-0.4, -0.2) is 70.1 Å². The molecule has 134 valence electrons. The quantitative estimate of drug-likeness (QED) is 0.533. The Hall–Kier alpha value is -1.47. The van der Waals surface area contributed by atoms with Crippen LogP contribution >= 0.6 is 0 Å². The van der Waals surface area contributed by atoms with Crippen LogP contribution in [0.4, 0.5) is 0 Å². The highest BCUT2D eigenvalue weighted by molar-refractivity contribution is 5.83. The van der Waals surface area contributed by atoms with Gasteiger partial charge in [-0.05, 0) is 31.4 Å². The van der Waals surface area contributed by atoms with Gasteiger partial charge in [0.25, 0.3) is 0 Å². The van der Waals surface area contributed by atoms with Gasteiger partial charge < -0.3 is 20.6 Å². The number of hydrogen-bond donors (Lipinski definition) is 4. The van der Waals surface area contributed by atoms with Crippen molar-refractivity contribution < 1.29 is 20.1 Å². The number of aryl methyl sites for hydroxylation is 1. The number of nitrogens with one attached hydrogen (secondary N) is 1. The Morgan fingerprint density at radius 1 is 1.21 bits per heavy atom. The predicted octanol–water partition coefficient (Wildman–Crippen LogP) is -0.0877. The van der Waals surface area contributed by atoms with E-state index in [1.54, 1.807) is 4.90 Å². The smallest absolute Gasteiger partial charge is 0.240 e. The maximum atomic E-state index is 12.4. The van der Waals surface area contributed by atoms with Gasteiger partial charge in [0.05, 0.1) is 18.8 Å². The molecule has 1 amide bonds. The molecule has 1 aliphatic rings. The van der Waals surface area contributed by atoms with Crippen molar-refractivity contribution in [2.45, 2.75) is 50.5 Å². The van der Waals surface area contributed by atoms with Gasteiger partial charge in [-0.25, -0.2) is 0 Å². The van der Waals surface area contributed by atoms with Crippen LogP contribution in [0.5, 0.6) is 0 Å². The molecule has 0 spiro atoms. The highest BCUT2D eigenvalue weighted by Gasteiger charge is 2.50. The van der Waals surface area contributed by atoms with Crippen molar-refractivity contribution in [1.29, 1.82) is 0 Å². The van der Waals surface area contributed by atoms with Gasteiger partial charge in [-0.3, -0.25) is 9.69 Å². The summed E-state index contributed by atoms with van der Waals surface area (Å²) < 4.78 is 0. The van der Waals surface area contributed by atoms with Crippen LogP contribution in [0.25, 0.3) is 0 Å². The van der Waals surface area contributed by atoms with E-state index >= 15 is 0 Å². The number of carbonyl (C=O) groups excluding carboxylic acids is 1. The number of hydrogen-bond acceptors (Lipinski definition) is 5. The largest absolute Gasteiger partial charge is 0.395 e. The maximum absolute atomic E-state index is 12.4. The molecule has 2 rings (SSSR count). The minimum absolute atomic E-state index is 0.291. The molecule has 0 bridgehead atoms. The minimum Gasteiger partial charge on any atom is -0.395 e. The molecule has 0 aliphatic carbocycles. The Kier molecular flexibility index (Phi) is 7.17. The summed E-state index contributed by atoms with van der Waals surface area (Å²) >= 11 is 0. The highest BCUT2D eigenvalue weighted by atomic mass is 16.3. The summed E-state index contributed by atoms with van der Waals surface area (Å²) in [5, 5.41) is 32.8. The van der Waals surface area contributed by atoms with Crippen LogP contribution in [0.15, 0.2) is 30.3 Å². The van der Waals surface area contributed by atoms with Crippen LogP contribution in [0, 0.1) is 0 Å². The third kappa shape index (κ3) is 4.33. The lowest BCUT2D eigenvalue weighted by Gasteiger charge is -2.28. The van der Waals surface area contributed by atoms with Gasteiger partial charge in [0.1, 0.15) is 12.1 Å².